The van der Waals surface area contributed by atoms with Gasteiger partial charge in [0.25, 0.3) is 0 Å². The van der Waals surface area contributed by atoms with Crippen molar-refractivity contribution in [2.75, 3.05) is 5.32 Å². The molecule has 0 aliphatic carbocycles. The molecule has 1 aromatic carbocycles. The number of hydrogen-bond donors (Lipinski definition) is 1. The quantitative estimate of drug-likeness (QED) is 0.865. The van der Waals surface area contributed by atoms with Crippen LogP contribution in [0.5, 0.6) is 0 Å². The Bertz CT molecular complexity index is 606. The number of pyridine rings is 1. The number of hydrogen-bond acceptors (Lipinski definition) is 2. The number of aromatic nitrogens is 1. The Labute approximate surface area is 122 Å². The van der Waals surface area contributed by atoms with Gasteiger partial charge in [-0.15, -0.1) is 0 Å². The van der Waals surface area contributed by atoms with Gasteiger partial charge in [-0.05, 0) is 75.9 Å². The van der Waals surface area contributed by atoms with Crippen LogP contribution >= 0.6 is 0 Å². The minimum absolute atomic E-state index is 0.253. The van der Waals surface area contributed by atoms with Crippen molar-refractivity contribution < 1.29 is 0 Å². The SMILES string of the molecule is Cc1cc(C)c(C(C)Nc2cccc(C)c2C)c(C)n1. The number of aryl methyl sites for hydroxylation is 4. The molecule has 0 bridgehead atoms. The van der Waals surface area contributed by atoms with E-state index < -0.39 is 0 Å². The first kappa shape index (κ1) is 14.6. The Hall–Kier alpha value is -1.83. The number of benzene rings is 1. The maximum Gasteiger partial charge on any atom is 0.0506 e. The van der Waals surface area contributed by atoms with Crippen molar-refractivity contribution in [1.29, 1.82) is 0 Å². The van der Waals surface area contributed by atoms with Crippen molar-refractivity contribution in [2.24, 2.45) is 0 Å². The first-order chi connectivity index (χ1) is 9.40. The molecule has 20 heavy (non-hydrogen) atoms. The summed E-state index contributed by atoms with van der Waals surface area (Å²) >= 11 is 0. The monoisotopic (exact) mass is 268 g/mol. The maximum atomic E-state index is 4.60. The molecule has 1 N–H and O–H groups in total. The summed E-state index contributed by atoms with van der Waals surface area (Å²) in [6, 6.07) is 8.80. The minimum Gasteiger partial charge on any atom is -0.378 e. The average molecular weight is 268 g/mol. The summed E-state index contributed by atoms with van der Waals surface area (Å²) in [6.45, 7) is 12.8. The lowest BCUT2D eigenvalue weighted by atomic mass is 9.99. The van der Waals surface area contributed by atoms with Crippen molar-refractivity contribution >= 4 is 5.69 Å². The van der Waals surface area contributed by atoms with Crippen molar-refractivity contribution in [3.8, 4) is 0 Å². The van der Waals surface area contributed by atoms with Crippen molar-refractivity contribution in [3.63, 3.8) is 0 Å². The highest BCUT2D eigenvalue weighted by Crippen LogP contribution is 2.27. The Morgan fingerprint density at radius 3 is 2.35 bits per heavy atom. The first-order valence-corrected chi connectivity index (χ1v) is 7.17. The van der Waals surface area contributed by atoms with Crippen LogP contribution in [0, 0.1) is 34.6 Å². The smallest absolute Gasteiger partial charge is 0.0506 e. The first-order valence-electron chi connectivity index (χ1n) is 7.17. The molecule has 0 fully saturated rings. The fourth-order valence-electron chi connectivity index (χ4n) is 2.90. The average Bonchev–Trinajstić information content (AvgIpc) is 2.33. The van der Waals surface area contributed by atoms with Crippen molar-refractivity contribution in [3.05, 3.63) is 57.9 Å². The largest absolute Gasteiger partial charge is 0.378 e. The third-order valence-electron chi connectivity index (χ3n) is 3.99. The van der Waals surface area contributed by atoms with E-state index in [1.807, 2.05) is 6.92 Å². The summed E-state index contributed by atoms with van der Waals surface area (Å²) in [5, 5.41) is 3.63. The lowest BCUT2D eigenvalue weighted by Crippen LogP contribution is -2.12. The van der Waals surface area contributed by atoms with E-state index in [1.54, 1.807) is 0 Å². The molecule has 1 atom stereocenters. The lowest BCUT2D eigenvalue weighted by molar-refractivity contribution is 0.841. The van der Waals surface area contributed by atoms with E-state index in [0.717, 1.165) is 11.4 Å². The van der Waals surface area contributed by atoms with Crippen LogP contribution in [-0.2, 0) is 0 Å². The summed E-state index contributed by atoms with van der Waals surface area (Å²) in [4.78, 5) is 4.60. The molecule has 1 aromatic heterocycles. The Balaban J connectivity index is 2.33. The van der Waals surface area contributed by atoms with Gasteiger partial charge in [-0.25, -0.2) is 0 Å². The molecule has 0 amide bonds. The second kappa shape index (κ2) is 5.66. The van der Waals surface area contributed by atoms with E-state index in [2.05, 4.69) is 69.2 Å². The van der Waals surface area contributed by atoms with E-state index in [9.17, 15) is 0 Å². The highest BCUT2D eigenvalue weighted by atomic mass is 14.9. The van der Waals surface area contributed by atoms with Gasteiger partial charge in [0.05, 0.1) is 6.04 Å². The summed E-state index contributed by atoms with van der Waals surface area (Å²) in [6.07, 6.45) is 0. The Morgan fingerprint density at radius 1 is 1.00 bits per heavy atom. The Morgan fingerprint density at radius 2 is 1.70 bits per heavy atom. The van der Waals surface area contributed by atoms with E-state index in [1.165, 1.54) is 27.9 Å². The van der Waals surface area contributed by atoms with Crippen LogP contribution in [0.25, 0.3) is 0 Å². The predicted octanol–water partition coefficient (Wildman–Crippen LogP) is 4.80. The zero-order valence-corrected chi connectivity index (χ0v) is 13.3. The fourth-order valence-corrected chi connectivity index (χ4v) is 2.90. The van der Waals surface area contributed by atoms with Gasteiger partial charge in [0.15, 0.2) is 0 Å². The molecule has 0 aliphatic rings. The van der Waals surface area contributed by atoms with Crippen LogP contribution in [0.4, 0.5) is 5.69 Å². The molecule has 106 valence electrons. The van der Waals surface area contributed by atoms with Crippen molar-refractivity contribution in [1.82, 2.24) is 4.98 Å². The van der Waals surface area contributed by atoms with Gasteiger partial charge in [0, 0.05) is 17.1 Å². The molecule has 2 aromatic rings. The number of nitrogens with zero attached hydrogens (tertiary/aromatic N) is 1. The predicted molar refractivity (Wildman–Crippen MR) is 86.4 cm³/mol. The van der Waals surface area contributed by atoms with Gasteiger partial charge in [-0.2, -0.15) is 0 Å². The second-order valence-electron chi connectivity index (χ2n) is 5.69. The molecule has 0 spiro atoms. The second-order valence-corrected chi connectivity index (χ2v) is 5.69. The van der Waals surface area contributed by atoms with Gasteiger partial charge in [-0.3, -0.25) is 4.98 Å². The summed E-state index contributed by atoms with van der Waals surface area (Å²) in [7, 11) is 0. The molecule has 1 heterocycles. The molecule has 2 heteroatoms. The Kier molecular flexibility index (Phi) is 4.12. The normalized spacial score (nSPS) is 12.3. The maximum absolute atomic E-state index is 4.60. The van der Waals surface area contributed by atoms with Crippen molar-refractivity contribution in [2.45, 2.75) is 47.6 Å². The van der Waals surface area contributed by atoms with Gasteiger partial charge in [-0.1, -0.05) is 12.1 Å². The van der Waals surface area contributed by atoms with Crippen LogP contribution in [0.2, 0.25) is 0 Å². The molecule has 2 rings (SSSR count). The number of rotatable bonds is 3. The van der Waals surface area contributed by atoms with E-state index in [0.29, 0.717) is 0 Å². The summed E-state index contributed by atoms with van der Waals surface area (Å²) in [5.41, 5.74) is 8.65. The minimum atomic E-state index is 0.253. The lowest BCUT2D eigenvalue weighted by Gasteiger charge is -2.21. The molecule has 1 unspecified atom stereocenters. The van der Waals surface area contributed by atoms with Gasteiger partial charge in [0.1, 0.15) is 0 Å². The van der Waals surface area contributed by atoms with Crippen LogP contribution in [0.15, 0.2) is 24.3 Å². The number of anilines is 1. The zero-order chi connectivity index (χ0) is 14.9. The topological polar surface area (TPSA) is 24.9 Å². The molecular weight excluding hydrogens is 244 g/mol. The van der Waals surface area contributed by atoms with E-state index >= 15 is 0 Å². The van der Waals surface area contributed by atoms with Crippen LogP contribution in [-0.4, -0.2) is 4.98 Å². The van der Waals surface area contributed by atoms with Crippen LogP contribution < -0.4 is 5.32 Å². The van der Waals surface area contributed by atoms with Gasteiger partial charge < -0.3 is 5.32 Å². The van der Waals surface area contributed by atoms with E-state index in [4.69, 9.17) is 0 Å². The highest BCUT2D eigenvalue weighted by Gasteiger charge is 2.14. The third kappa shape index (κ3) is 2.84. The molecular formula is C18H24N2. The molecule has 2 nitrogen and oxygen atoms in total. The van der Waals surface area contributed by atoms with E-state index in [-0.39, 0.29) is 6.04 Å². The molecule has 0 saturated heterocycles. The standard InChI is InChI=1S/C18H24N2/c1-11-8-7-9-17(14(11)4)20-16(6)18-12(2)10-13(3)19-15(18)5/h7-10,16,20H,1-6H3. The van der Waals surface area contributed by atoms with Gasteiger partial charge >= 0.3 is 0 Å². The summed E-state index contributed by atoms with van der Waals surface area (Å²) in [5.74, 6) is 0. The molecule has 0 aliphatic heterocycles. The fraction of sp³-hybridized carbons (Fsp3) is 0.389. The summed E-state index contributed by atoms with van der Waals surface area (Å²) < 4.78 is 0. The van der Waals surface area contributed by atoms with Gasteiger partial charge in [0.2, 0.25) is 0 Å². The van der Waals surface area contributed by atoms with Crippen LogP contribution in [0.3, 0.4) is 0 Å². The third-order valence-corrected chi connectivity index (χ3v) is 3.99. The zero-order valence-electron chi connectivity index (χ0n) is 13.3. The highest BCUT2D eigenvalue weighted by molar-refractivity contribution is 5.55. The number of nitrogens with one attached hydrogen (secondary N) is 1. The molecule has 0 saturated carbocycles. The molecule has 0 radical (unpaired) electrons. The van der Waals surface area contributed by atoms with Crippen LogP contribution in [0.1, 0.15) is 46.6 Å².